The van der Waals surface area contributed by atoms with Gasteiger partial charge < -0.3 is 0 Å². The van der Waals surface area contributed by atoms with Gasteiger partial charge in [-0.3, -0.25) is 4.79 Å². The van der Waals surface area contributed by atoms with Crippen LogP contribution < -0.4 is 0 Å². The van der Waals surface area contributed by atoms with E-state index in [1.54, 1.807) is 6.08 Å². The van der Waals surface area contributed by atoms with Gasteiger partial charge >= 0.3 is 0 Å². The Morgan fingerprint density at radius 2 is 2.33 bits per heavy atom. The third-order valence-electron chi connectivity index (χ3n) is 1.02. The Labute approximate surface area is 64.3 Å². The minimum atomic E-state index is 0.805. The molecule has 0 unspecified atom stereocenters. The molecule has 0 bridgehead atoms. The second-order valence-electron chi connectivity index (χ2n) is 1.85. The van der Waals surface area contributed by atoms with Crippen LogP contribution in [0.2, 0.25) is 0 Å². The van der Waals surface area contributed by atoms with Crippen molar-refractivity contribution in [3.05, 3.63) is 10.6 Å². The lowest BCUT2D eigenvalue weighted by Gasteiger charge is -1.92. The van der Waals surface area contributed by atoms with Crippen LogP contribution in [0.3, 0.4) is 0 Å². The molecule has 0 amide bonds. The van der Waals surface area contributed by atoms with Crippen molar-refractivity contribution in [2.75, 3.05) is 0 Å². The normalized spacial score (nSPS) is 11.6. The number of rotatable bonds is 4. The van der Waals surface area contributed by atoms with Gasteiger partial charge in [0.1, 0.15) is 6.29 Å². The van der Waals surface area contributed by atoms with Crippen LogP contribution in [0.1, 0.15) is 26.2 Å². The molecule has 0 aliphatic carbocycles. The topological polar surface area (TPSA) is 17.1 Å². The highest BCUT2D eigenvalue weighted by molar-refractivity contribution is 9.11. The first kappa shape index (κ1) is 8.89. The van der Waals surface area contributed by atoms with E-state index in [0.717, 1.165) is 23.6 Å². The Hall–Kier alpha value is -0.110. The zero-order chi connectivity index (χ0) is 7.11. The zero-order valence-electron chi connectivity index (χ0n) is 5.56. The minimum absolute atomic E-state index is 0.805. The zero-order valence-corrected chi connectivity index (χ0v) is 7.15. The maximum Gasteiger partial charge on any atom is 0.143 e. The lowest BCUT2D eigenvalue weighted by Crippen LogP contribution is -1.73. The van der Waals surface area contributed by atoms with Gasteiger partial charge in [-0.05, 0) is 23.4 Å². The minimum Gasteiger partial charge on any atom is -0.299 e. The predicted octanol–water partition coefficient (Wildman–Crippen LogP) is 2.65. The van der Waals surface area contributed by atoms with Crippen molar-refractivity contribution < 1.29 is 4.79 Å². The molecule has 0 saturated heterocycles. The van der Waals surface area contributed by atoms with Crippen LogP contribution in [0, 0.1) is 0 Å². The fourth-order valence-corrected chi connectivity index (χ4v) is 0.891. The fraction of sp³-hybridized carbons (Fsp3) is 0.571. The Bertz CT molecular complexity index is 107. The lowest BCUT2D eigenvalue weighted by molar-refractivity contribution is -0.104. The second-order valence-corrected chi connectivity index (χ2v) is 2.87. The van der Waals surface area contributed by atoms with Crippen molar-refractivity contribution in [3.63, 3.8) is 0 Å². The molecule has 0 spiro atoms. The molecule has 1 nitrogen and oxygen atoms in total. The van der Waals surface area contributed by atoms with Crippen LogP contribution in [-0.4, -0.2) is 6.29 Å². The Kier molecular flexibility index (Phi) is 5.94. The summed E-state index contributed by atoms with van der Waals surface area (Å²) in [4.78, 5) is 9.87. The first-order chi connectivity index (χ1) is 4.31. The van der Waals surface area contributed by atoms with Crippen molar-refractivity contribution in [1.29, 1.82) is 0 Å². The van der Waals surface area contributed by atoms with Crippen molar-refractivity contribution in [3.8, 4) is 0 Å². The number of halogens is 1. The van der Waals surface area contributed by atoms with Gasteiger partial charge in [-0.25, -0.2) is 0 Å². The number of hydrogen-bond donors (Lipinski definition) is 0. The standard InChI is InChI=1S/C7H11BrO/c1-2-3-4-7(8)5-6-9/h5-6H,2-4H2,1H3/b7-5-. The van der Waals surface area contributed by atoms with Crippen molar-refractivity contribution in [2.24, 2.45) is 0 Å². The summed E-state index contributed by atoms with van der Waals surface area (Å²) < 4.78 is 0.999. The van der Waals surface area contributed by atoms with E-state index in [0.29, 0.717) is 0 Å². The molecule has 0 N–H and O–H groups in total. The quantitative estimate of drug-likeness (QED) is 0.493. The number of aldehydes is 1. The van der Waals surface area contributed by atoms with Gasteiger partial charge in [-0.2, -0.15) is 0 Å². The number of carbonyl (C=O) groups excluding carboxylic acids is 1. The number of hydrogen-bond acceptors (Lipinski definition) is 1. The SMILES string of the molecule is CCCC/C(Br)=C/C=O. The smallest absolute Gasteiger partial charge is 0.143 e. The van der Waals surface area contributed by atoms with Gasteiger partial charge in [-0.1, -0.05) is 29.3 Å². The van der Waals surface area contributed by atoms with E-state index in [1.165, 1.54) is 6.42 Å². The van der Waals surface area contributed by atoms with Crippen molar-refractivity contribution in [1.82, 2.24) is 0 Å². The third kappa shape index (κ3) is 5.77. The highest BCUT2D eigenvalue weighted by atomic mass is 79.9. The molecule has 2 heteroatoms. The Balaban J connectivity index is 3.36. The molecule has 0 aromatic heterocycles. The predicted molar refractivity (Wildman–Crippen MR) is 42.6 cm³/mol. The van der Waals surface area contributed by atoms with Gasteiger partial charge in [-0.15, -0.1) is 0 Å². The molecule has 0 fully saturated rings. The molecule has 9 heavy (non-hydrogen) atoms. The average Bonchev–Trinajstić information content (AvgIpc) is 1.85. The van der Waals surface area contributed by atoms with Crippen LogP contribution in [0.15, 0.2) is 10.6 Å². The van der Waals surface area contributed by atoms with Crippen LogP contribution in [0.5, 0.6) is 0 Å². The monoisotopic (exact) mass is 190 g/mol. The molecular formula is C7H11BrO. The van der Waals surface area contributed by atoms with E-state index < -0.39 is 0 Å². The maximum atomic E-state index is 9.87. The van der Waals surface area contributed by atoms with Gasteiger partial charge in [0.15, 0.2) is 0 Å². The van der Waals surface area contributed by atoms with E-state index in [4.69, 9.17) is 0 Å². The van der Waals surface area contributed by atoms with Crippen LogP contribution >= 0.6 is 15.9 Å². The number of allylic oxidation sites excluding steroid dienone is 2. The molecule has 0 saturated carbocycles. The highest BCUT2D eigenvalue weighted by Gasteiger charge is 1.87. The summed E-state index contributed by atoms with van der Waals surface area (Å²) in [7, 11) is 0. The van der Waals surface area contributed by atoms with Gasteiger partial charge in [0.2, 0.25) is 0 Å². The summed E-state index contributed by atoms with van der Waals surface area (Å²) in [5, 5.41) is 0. The summed E-state index contributed by atoms with van der Waals surface area (Å²) in [5.74, 6) is 0. The van der Waals surface area contributed by atoms with E-state index >= 15 is 0 Å². The first-order valence-electron chi connectivity index (χ1n) is 3.11. The van der Waals surface area contributed by atoms with E-state index in [2.05, 4.69) is 22.9 Å². The molecular weight excluding hydrogens is 180 g/mol. The van der Waals surface area contributed by atoms with Gasteiger partial charge in [0, 0.05) is 0 Å². The molecule has 0 aliphatic rings. The van der Waals surface area contributed by atoms with Gasteiger partial charge in [0.25, 0.3) is 0 Å². The van der Waals surface area contributed by atoms with Crippen molar-refractivity contribution >= 4 is 22.2 Å². The molecule has 0 rings (SSSR count). The maximum absolute atomic E-state index is 9.87. The molecule has 52 valence electrons. The first-order valence-corrected chi connectivity index (χ1v) is 3.90. The summed E-state index contributed by atoms with van der Waals surface area (Å²) in [5.41, 5.74) is 0. The number of unbranched alkanes of at least 4 members (excludes halogenated alkanes) is 1. The van der Waals surface area contributed by atoms with Crippen LogP contribution in [-0.2, 0) is 4.79 Å². The Morgan fingerprint density at radius 1 is 1.67 bits per heavy atom. The number of carbonyl (C=O) groups is 1. The molecule has 0 radical (unpaired) electrons. The van der Waals surface area contributed by atoms with Crippen molar-refractivity contribution in [2.45, 2.75) is 26.2 Å². The average molecular weight is 191 g/mol. The summed E-state index contributed by atoms with van der Waals surface area (Å²) >= 11 is 3.27. The van der Waals surface area contributed by atoms with E-state index in [-0.39, 0.29) is 0 Å². The largest absolute Gasteiger partial charge is 0.299 e. The van der Waals surface area contributed by atoms with Gasteiger partial charge in [0.05, 0.1) is 0 Å². The molecule has 0 aliphatic heterocycles. The lowest BCUT2D eigenvalue weighted by atomic mass is 10.2. The van der Waals surface area contributed by atoms with Crippen LogP contribution in [0.25, 0.3) is 0 Å². The van der Waals surface area contributed by atoms with Crippen LogP contribution in [0.4, 0.5) is 0 Å². The summed E-state index contributed by atoms with van der Waals surface area (Å²) in [6.45, 7) is 2.13. The summed E-state index contributed by atoms with van der Waals surface area (Å²) in [6, 6.07) is 0. The fourth-order valence-electron chi connectivity index (χ4n) is 0.503. The highest BCUT2D eigenvalue weighted by Crippen LogP contribution is 2.12. The Morgan fingerprint density at radius 3 is 2.78 bits per heavy atom. The van der Waals surface area contributed by atoms with E-state index in [1.807, 2.05) is 0 Å². The molecule has 0 atom stereocenters. The molecule has 0 heterocycles. The molecule has 0 aromatic carbocycles. The second kappa shape index (κ2) is 6.02. The molecule has 0 aromatic rings. The summed E-state index contributed by atoms with van der Waals surface area (Å²) in [6.07, 6.45) is 5.65. The van der Waals surface area contributed by atoms with E-state index in [9.17, 15) is 4.79 Å². The third-order valence-corrected chi connectivity index (χ3v) is 1.68.